The van der Waals surface area contributed by atoms with Crippen molar-refractivity contribution in [2.24, 2.45) is 18.7 Å². The molecule has 1 unspecified atom stereocenters. The second-order valence-electron chi connectivity index (χ2n) is 3.45. The normalized spacial score (nSPS) is 12.5. The lowest BCUT2D eigenvalue weighted by Crippen LogP contribution is -2.31. The summed E-state index contributed by atoms with van der Waals surface area (Å²) in [5.74, 6) is 0.203. The molecule has 1 aromatic heterocycles. The topological polar surface area (TPSA) is 72.9 Å². The van der Waals surface area contributed by atoms with E-state index < -0.39 is 0 Å². The molecule has 1 rings (SSSR count). The molecule has 0 spiro atoms. The summed E-state index contributed by atoms with van der Waals surface area (Å²) in [6.07, 6.45) is 3.23. The van der Waals surface area contributed by atoms with Crippen LogP contribution in [0.1, 0.15) is 17.3 Å². The van der Waals surface area contributed by atoms with E-state index in [0.717, 1.165) is 0 Å². The van der Waals surface area contributed by atoms with E-state index in [-0.39, 0.29) is 5.91 Å². The zero-order valence-electron chi connectivity index (χ0n) is 8.53. The van der Waals surface area contributed by atoms with Crippen LogP contribution in [0.3, 0.4) is 0 Å². The van der Waals surface area contributed by atoms with Crippen LogP contribution >= 0.6 is 0 Å². The minimum atomic E-state index is -0.0987. The molecule has 1 atom stereocenters. The molecule has 1 aromatic rings. The molecule has 0 saturated heterocycles. The van der Waals surface area contributed by atoms with Gasteiger partial charge in [-0.05, 0) is 12.5 Å². The van der Waals surface area contributed by atoms with Gasteiger partial charge in [0.25, 0.3) is 5.91 Å². The number of carbonyl (C=O) groups excluding carboxylic acids is 1. The summed E-state index contributed by atoms with van der Waals surface area (Å²) in [4.78, 5) is 11.5. The van der Waals surface area contributed by atoms with Crippen molar-refractivity contribution < 1.29 is 4.79 Å². The Bertz CT molecular complexity index is 308. The lowest BCUT2D eigenvalue weighted by molar-refractivity contribution is 0.0948. The molecule has 0 saturated carbocycles. The van der Waals surface area contributed by atoms with Gasteiger partial charge in [0.15, 0.2) is 0 Å². The van der Waals surface area contributed by atoms with Crippen molar-refractivity contribution in [2.75, 3.05) is 13.1 Å². The standard InChI is InChI=1S/C9H16N4O/c1-7(3-10)4-11-9(14)8-5-12-13(2)6-8/h5-7H,3-4,10H2,1-2H3,(H,11,14). The maximum atomic E-state index is 11.5. The average molecular weight is 196 g/mol. The van der Waals surface area contributed by atoms with Gasteiger partial charge in [-0.25, -0.2) is 0 Å². The summed E-state index contributed by atoms with van der Waals surface area (Å²) in [5, 5.41) is 6.71. The maximum Gasteiger partial charge on any atom is 0.254 e. The number of hydrogen-bond acceptors (Lipinski definition) is 3. The van der Waals surface area contributed by atoms with Gasteiger partial charge in [-0.2, -0.15) is 5.10 Å². The van der Waals surface area contributed by atoms with Crippen LogP contribution in [-0.2, 0) is 7.05 Å². The van der Waals surface area contributed by atoms with Crippen molar-refractivity contribution in [3.05, 3.63) is 18.0 Å². The van der Waals surface area contributed by atoms with Crippen LogP contribution in [0.25, 0.3) is 0 Å². The van der Waals surface area contributed by atoms with Gasteiger partial charge in [0, 0.05) is 19.8 Å². The van der Waals surface area contributed by atoms with Gasteiger partial charge in [0.1, 0.15) is 0 Å². The molecule has 0 fully saturated rings. The van der Waals surface area contributed by atoms with Crippen LogP contribution in [0.5, 0.6) is 0 Å². The number of carbonyl (C=O) groups is 1. The average Bonchev–Trinajstić information content (AvgIpc) is 2.60. The lowest BCUT2D eigenvalue weighted by atomic mass is 10.2. The number of aromatic nitrogens is 2. The largest absolute Gasteiger partial charge is 0.352 e. The first-order valence-corrected chi connectivity index (χ1v) is 4.60. The van der Waals surface area contributed by atoms with Crippen molar-refractivity contribution in [1.82, 2.24) is 15.1 Å². The van der Waals surface area contributed by atoms with Gasteiger partial charge < -0.3 is 11.1 Å². The monoisotopic (exact) mass is 196 g/mol. The van der Waals surface area contributed by atoms with E-state index in [1.165, 1.54) is 0 Å². The molecule has 0 radical (unpaired) electrons. The van der Waals surface area contributed by atoms with E-state index in [0.29, 0.717) is 24.6 Å². The summed E-state index contributed by atoms with van der Waals surface area (Å²) < 4.78 is 1.60. The van der Waals surface area contributed by atoms with E-state index in [9.17, 15) is 4.79 Å². The third-order valence-corrected chi connectivity index (χ3v) is 1.98. The molecule has 5 nitrogen and oxygen atoms in total. The molecular formula is C9H16N4O. The molecule has 78 valence electrons. The highest BCUT2D eigenvalue weighted by Crippen LogP contribution is 1.96. The van der Waals surface area contributed by atoms with Crippen LogP contribution in [0.4, 0.5) is 0 Å². The van der Waals surface area contributed by atoms with Crippen molar-refractivity contribution in [2.45, 2.75) is 6.92 Å². The molecule has 0 aliphatic rings. The van der Waals surface area contributed by atoms with E-state index in [1.807, 2.05) is 6.92 Å². The third-order valence-electron chi connectivity index (χ3n) is 1.98. The van der Waals surface area contributed by atoms with E-state index >= 15 is 0 Å². The molecule has 0 bridgehead atoms. The Morgan fingerprint density at radius 1 is 1.79 bits per heavy atom. The lowest BCUT2D eigenvalue weighted by Gasteiger charge is -2.08. The van der Waals surface area contributed by atoms with Gasteiger partial charge >= 0.3 is 0 Å². The Morgan fingerprint density at radius 3 is 3.00 bits per heavy atom. The molecule has 3 N–H and O–H groups in total. The fourth-order valence-corrected chi connectivity index (χ4v) is 0.991. The van der Waals surface area contributed by atoms with E-state index in [2.05, 4.69) is 10.4 Å². The number of rotatable bonds is 4. The Balaban J connectivity index is 2.43. The minimum absolute atomic E-state index is 0.0987. The van der Waals surface area contributed by atoms with Crippen LogP contribution < -0.4 is 11.1 Å². The highest BCUT2D eigenvalue weighted by Gasteiger charge is 2.08. The van der Waals surface area contributed by atoms with Gasteiger partial charge in [0.05, 0.1) is 11.8 Å². The first kappa shape index (κ1) is 10.7. The summed E-state index contributed by atoms with van der Waals surface area (Å²) >= 11 is 0. The molecular weight excluding hydrogens is 180 g/mol. The first-order valence-electron chi connectivity index (χ1n) is 4.60. The van der Waals surface area contributed by atoms with Crippen LogP contribution in [0, 0.1) is 5.92 Å². The Hall–Kier alpha value is -1.36. The molecule has 5 heteroatoms. The SMILES string of the molecule is CC(CN)CNC(=O)c1cnn(C)c1. The first-order chi connectivity index (χ1) is 6.63. The smallest absolute Gasteiger partial charge is 0.254 e. The van der Waals surface area contributed by atoms with Crippen molar-refractivity contribution >= 4 is 5.91 Å². The Morgan fingerprint density at radius 2 is 2.50 bits per heavy atom. The highest BCUT2D eigenvalue weighted by atomic mass is 16.1. The van der Waals surface area contributed by atoms with Crippen molar-refractivity contribution in [3.8, 4) is 0 Å². The Kier molecular flexibility index (Phi) is 3.64. The Labute approximate surface area is 83.3 Å². The van der Waals surface area contributed by atoms with E-state index in [4.69, 9.17) is 5.73 Å². The molecule has 14 heavy (non-hydrogen) atoms. The summed E-state index contributed by atoms with van der Waals surface area (Å²) in [5.41, 5.74) is 6.01. The maximum absolute atomic E-state index is 11.5. The summed E-state index contributed by atoms with van der Waals surface area (Å²) in [7, 11) is 1.78. The third kappa shape index (κ3) is 2.85. The quantitative estimate of drug-likeness (QED) is 0.697. The van der Waals surface area contributed by atoms with Gasteiger partial charge in [0.2, 0.25) is 0 Å². The molecule has 1 heterocycles. The van der Waals surface area contributed by atoms with E-state index in [1.54, 1.807) is 24.1 Å². The highest BCUT2D eigenvalue weighted by molar-refractivity contribution is 5.93. The summed E-state index contributed by atoms with van der Waals surface area (Å²) in [6, 6.07) is 0. The van der Waals surface area contributed by atoms with Crippen molar-refractivity contribution in [1.29, 1.82) is 0 Å². The van der Waals surface area contributed by atoms with Gasteiger partial charge in [-0.3, -0.25) is 9.48 Å². The van der Waals surface area contributed by atoms with Crippen molar-refractivity contribution in [3.63, 3.8) is 0 Å². The predicted octanol–water partition coefficient (Wildman–Crippen LogP) is -0.255. The number of nitrogens with zero attached hydrogens (tertiary/aromatic N) is 2. The second kappa shape index (κ2) is 4.76. The number of hydrogen-bond donors (Lipinski definition) is 2. The molecule has 0 aliphatic carbocycles. The molecule has 0 aromatic carbocycles. The van der Waals surface area contributed by atoms with Gasteiger partial charge in [-0.15, -0.1) is 0 Å². The summed E-state index contributed by atoms with van der Waals surface area (Å²) in [6.45, 7) is 3.17. The number of amides is 1. The van der Waals surface area contributed by atoms with Gasteiger partial charge in [-0.1, -0.05) is 6.92 Å². The van der Waals surface area contributed by atoms with Crippen LogP contribution in [0.15, 0.2) is 12.4 Å². The fourth-order valence-electron chi connectivity index (χ4n) is 0.991. The number of aryl methyl sites for hydroxylation is 1. The molecule has 1 amide bonds. The fraction of sp³-hybridized carbons (Fsp3) is 0.556. The zero-order chi connectivity index (χ0) is 10.6. The van der Waals surface area contributed by atoms with Crippen LogP contribution in [-0.4, -0.2) is 28.8 Å². The predicted molar refractivity (Wildman–Crippen MR) is 53.8 cm³/mol. The second-order valence-corrected chi connectivity index (χ2v) is 3.45. The number of nitrogens with one attached hydrogen (secondary N) is 1. The molecule has 0 aliphatic heterocycles. The minimum Gasteiger partial charge on any atom is -0.352 e. The van der Waals surface area contributed by atoms with Crippen LogP contribution in [0.2, 0.25) is 0 Å². The zero-order valence-corrected chi connectivity index (χ0v) is 8.53. The number of nitrogens with two attached hydrogens (primary N) is 1.